The summed E-state index contributed by atoms with van der Waals surface area (Å²) in [5.74, 6) is -0.376. The minimum absolute atomic E-state index is 0.237. The van der Waals surface area contributed by atoms with E-state index in [-0.39, 0.29) is 17.1 Å². The molecule has 0 bridgehead atoms. The van der Waals surface area contributed by atoms with Gasteiger partial charge in [-0.05, 0) is 30.2 Å². The van der Waals surface area contributed by atoms with E-state index in [1.165, 1.54) is 12.1 Å². The molecule has 3 unspecified atom stereocenters. The van der Waals surface area contributed by atoms with E-state index in [4.69, 9.17) is 5.73 Å². The van der Waals surface area contributed by atoms with Crippen molar-refractivity contribution in [3.05, 3.63) is 66.0 Å². The van der Waals surface area contributed by atoms with Gasteiger partial charge in [0.2, 0.25) is 0 Å². The van der Waals surface area contributed by atoms with Crippen molar-refractivity contribution in [3.8, 4) is 0 Å². The molecule has 4 heteroatoms. The SMILES string of the molecule is CCC(C(N)c1ccccc1)S(=O)c1cccc(F)c1. The average Bonchev–Trinajstić information content (AvgIpc) is 2.48. The molecule has 2 aromatic carbocycles. The Bertz CT molecular complexity index is 588. The normalized spacial score (nSPS) is 15.6. The molecule has 2 N–H and O–H groups in total. The monoisotopic (exact) mass is 291 g/mol. The van der Waals surface area contributed by atoms with E-state index in [9.17, 15) is 8.60 Å². The van der Waals surface area contributed by atoms with E-state index < -0.39 is 10.8 Å². The van der Waals surface area contributed by atoms with Crippen molar-refractivity contribution in [2.45, 2.75) is 29.5 Å². The molecule has 106 valence electrons. The first kappa shape index (κ1) is 14.9. The minimum Gasteiger partial charge on any atom is -0.323 e. The molecular formula is C16H18FNOS. The fraction of sp³-hybridized carbons (Fsp3) is 0.250. The summed E-state index contributed by atoms with van der Waals surface area (Å²) in [4.78, 5) is 0.489. The summed E-state index contributed by atoms with van der Waals surface area (Å²) in [6.07, 6.45) is 0.666. The van der Waals surface area contributed by atoms with Gasteiger partial charge in [-0.15, -0.1) is 0 Å². The van der Waals surface area contributed by atoms with Crippen molar-refractivity contribution in [3.63, 3.8) is 0 Å². The first-order valence-electron chi connectivity index (χ1n) is 6.60. The van der Waals surface area contributed by atoms with Crippen LogP contribution in [0.3, 0.4) is 0 Å². The third kappa shape index (κ3) is 3.32. The molecule has 0 fully saturated rings. The lowest BCUT2D eigenvalue weighted by Crippen LogP contribution is -2.29. The Hall–Kier alpha value is -1.52. The van der Waals surface area contributed by atoms with Crippen LogP contribution < -0.4 is 5.73 Å². The van der Waals surface area contributed by atoms with E-state index in [0.29, 0.717) is 11.3 Å². The molecule has 3 atom stereocenters. The summed E-state index contributed by atoms with van der Waals surface area (Å²) in [5.41, 5.74) is 7.19. The van der Waals surface area contributed by atoms with Gasteiger partial charge in [0.25, 0.3) is 0 Å². The number of halogens is 1. The van der Waals surface area contributed by atoms with Crippen molar-refractivity contribution in [2.75, 3.05) is 0 Å². The van der Waals surface area contributed by atoms with Crippen LogP contribution in [-0.2, 0) is 10.8 Å². The highest BCUT2D eigenvalue weighted by Crippen LogP contribution is 2.25. The molecule has 2 aromatic rings. The summed E-state index contributed by atoms with van der Waals surface area (Å²) in [5, 5.41) is -0.237. The topological polar surface area (TPSA) is 43.1 Å². The predicted octanol–water partition coefficient (Wildman–Crippen LogP) is 3.41. The molecule has 20 heavy (non-hydrogen) atoms. The van der Waals surface area contributed by atoms with E-state index in [1.807, 2.05) is 37.3 Å². The molecule has 0 saturated carbocycles. The summed E-state index contributed by atoms with van der Waals surface area (Å²) in [6.45, 7) is 1.95. The number of rotatable bonds is 5. The molecule has 0 aliphatic carbocycles. The van der Waals surface area contributed by atoms with E-state index in [2.05, 4.69) is 0 Å². The Morgan fingerprint density at radius 1 is 1.15 bits per heavy atom. The first-order valence-corrected chi connectivity index (χ1v) is 7.81. The smallest absolute Gasteiger partial charge is 0.124 e. The zero-order chi connectivity index (χ0) is 14.5. The Morgan fingerprint density at radius 2 is 1.85 bits per heavy atom. The van der Waals surface area contributed by atoms with Crippen molar-refractivity contribution >= 4 is 10.8 Å². The van der Waals surface area contributed by atoms with Crippen LogP contribution in [0, 0.1) is 5.82 Å². The first-order chi connectivity index (χ1) is 9.63. The molecule has 0 aromatic heterocycles. The fourth-order valence-corrected chi connectivity index (χ4v) is 3.71. The zero-order valence-corrected chi connectivity index (χ0v) is 12.1. The van der Waals surface area contributed by atoms with E-state index in [0.717, 1.165) is 5.56 Å². The van der Waals surface area contributed by atoms with E-state index in [1.54, 1.807) is 12.1 Å². The lowest BCUT2D eigenvalue weighted by Gasteiger charge is -2.22. The van der Waals surface area contributed by atoms with E-state index >= 15 is 0 Å². The standard InChI is InChI=1S/C16H18FNOS/c1-2-15(16(18)12-7-4-3-5-8-12)20(19)14-10-6-9-13(17)11-14/h3-11,15-16H,2,18H2,1H3. The highest BCUT2D eigenvalue weighted by molar-refractivity contribution is 7.85. The Labute approximate surface area is 121 Å². The van der Waals surface area contributed by atoms with Gasteiger partial charge >= 0.3 is 0 Å². The molecular weight excluding hydrogens is 273 g/mol. The van der Waals surface area contributed by atoms with Gasteiger partial charge in [-0.25, -0.2) is 4.39 Å². The molecule has 0 aliphatic heterocycles. The van der Waals surface area contributed by atoms with Gasteiger partial charge in [0.15, 0.2) is 0 Å². The van der Waals surface area contributed by atoms with Gasteiger partial charge in [0.05, 0.1) is 16.0 Å². The lowest BCUT2D eigenvalue weighted by molar-refractivity contribution is 0.606. The molecule has 0 aliphatic rings. The zero-order valence-electron chi connectivity index (χ0n) is 11.3. The van der Waals surface area contributed by atoms with Crippen molar-refractivity contribution in [1.29, 1.82) is 0 Å². The van der Waals surface area contributed by atoms with Crippen molar-refractivity contribution in [1.82, 2.24) is 0 Å². The van der Waals surface area contributed by atoms with Gasteiger partial charge in [-0.1, -0.05) is 43.3 Å². The molecule has 0 spiro atoms. The van der Waals surface area contributed by atoms with Gasteiger partial charge in [-0.3, -0.25) is 4.21 Å². The van der Waals surface area contributed by atoms with Crippen LogP contribution in [0.1, 0.15) is 24.9 Å². The van der Waals surface area contributed by atoms with Crippen LogP contribution in [-0.4, -0.2) is 9.46 Å². The largest absolute Gasteiger partial charge is 0.323 e. The number of hydrogen-bond donors (Lipinski definition) is 1. The van der Waals surface area contributed by atoms with Crippen LogP contribution in [0.2, 0.25) is 0 Å². The number of hydrogen-bond acceptors (Lipinski definition) is 2. The van der Waals surface area contributed by atoms with Crippen LogP contribution in [0.15, 0.2) is 59.5 Å². The molecule has 2 nitrogen and oxygen atoms in total. The second-order valence-corrected chi connectivity index (χ2v) is 6.31. The number of nitrogens with two attached hydrogens (primary N) is 1. The average molecular weight is 291 g/mol. The lowest BCUT2D eigenvalue weighted by atomic mass is 10.0. The van der Waals surface area contributed by atoms with Gasteiger partial charge in [0, 0.05) is 10.9 Å². The molecule has 0 amide bonds. The Balaban J connectivity index is 2.26. The van der Waals surface area contributed by atoms with Crippen LogP contribution in [0.5, 0.6) is 0 Å². The minimum atomic E-state index is -1.33. The van der Waals surface area contributed by atoms with Crippen molar-refractivity contribution in [2.24, 2.45) is 5.73 Å². The van der Waals surface area contributed by atoms with Crippen molar-refractivity contribution < 1.29 is 8.60 Å². The Kier molecular flexibility index (Phi) is 5.04. The predicted molar refractivity (Wildman–Crippen MR) is 80.3 cm³/mol. The van der Waals surface area contributed by atoms with Crippen LogP contribution in [0.25, 0.3) is 0 Å². The number of benzene rings is 2. The van der Waals surface area contributed by atoms with Gasteiger partial charge < -0.3 is 5.73 Å². The maximum atomic E-state index is 13.3. The molecule has 0 radical (unpaired) electrons. The molecule has 2 rings (SSSR count). The fourth-order valence-electron chi connectivity index (χ4n) is 2.20. The third-order valence-electron chi connectivity index (χ3n) is 3.29. The van der Waals surface area contributed by atoms with Gasteiger partial charge in [-0.2, -0.15) is 0 Å². The molecule has 0 saturated heterocycles. The summed E-state index contributed by atoms with van der Waals surface area (Å²) < 4.78 is 25.9. The quantitative estimate of drug-likeness (QED) is 0.917. The second-order valence-electron chi connectivity index (χ2n) is 4.64. The summed E-state index contributed by atoms with van der Waals surface area (Å²) >= 11 is 0. The highest BCUT2D eigenvalue weighted by atomic mass is 32.2. The maximum absolute atomic E-state index is 13.3. The second kappa shape index (κ2) is 6.77. The van der Waals surface area contributed by atoms with Crippen LogP contribution in [0.4, 0.5) is 4.39 Å². The van der Waals surface area contributed by atoms with Crippen LogP contribution >= 0.6 is 0 Å². The molecule has 0 heterocycles. The summed E-state index contributed by atoms with van der Waals surface area (Å²) in [6, 6.07) is 15.2. The Morgan fingerprint density at radius 3 is 2.45 bits per heavy atom. The van der Waals surface area contributed by atoms with Gasteiger partial charge in [0.1, 0.15) is 5.82 Å². The third-order valence-corrected chi connectivity index (χ3v) is 5.19. The highest BCUT2D eigenvalue weighted by Gasteiger charge is 2.25. The maximum Gasteiger partial charge on any atom is 0.124 e. The summed E-state index contributed by atoms with van der Waals surface area (Å²) in [7, 11) is -1.33.